The summed E-state index contributed by atoms with van der Waals surface area (Å²) in [5.74, 6) is 0.381. The Balaban J connectivity index is 2.91. The number of fused-ring (bicyclic) bond motifs is 1. The maximum absolute atomic E-state index is 8.64. The van der Waals surface area contributed by atoms with E-state index in [-0.39, 0.29) is 0 Å². The fourth-order valence-corrected chi connectivity index (χ4v) is 1.04. The molecule has 2 aromatic heterocycles. The smallest absolute Gasteiger partial charge is 0.151 e. The molecule has 0 saturated carbocycles. The maximum atomic E-state index is 8.64. The van der Waals surface area contributed by atoms with Gasteiger partial charge in [0.25, 0.3) is 0 Å². The van der Waals surface area contributed by atoms with E-state index in [9.17, 15) is 0 Å². The Labute approximate surface area is 68.1 Å². The highest BCUT2D eigenvalue weighted by Gasteiger charge is 2.03. The minimum Gasteiger partial charge on any atom is -0.382 e. The zero-order valence-electron chi connectivity index (χ0n) is 6.10. The molecule has 58 valence electrons. The Morgan fingerprint density at radius 1 is 1.50 bits per heavy atom. The molecule has 0 unspecified atom stereocenters. The van der Waals surface area contributed by atoms with Gasteiger partial charge in [0.2, 0.25) is 0 Å². The highest BCUT2D eigenvalue weighted by Crippen LogP contribution is 2.11. The molecule has 12 heavy (non-hydrogen) atoms. The Morgan fingerprint density at radius 3 is 3.08 bits per heavy atom. The molecular formula is C7H5N5. The van der Waals surface area contributed by atoms with Crippen LogP contribution in [0.2, 0.25) is 0 Å². The summed E-state index contributed by atoms with van der Waals surface area (Å²) in [6, 6.07) is 5.36. The maximum Gasteiger partial charge on any atom is 0.151 e. The normalized spacial score (nSPS) is 9.92. The zero-order chi connectivity index (χ0) is 8.55. The Bertz CT molecular complexity index is 464. The molecule has 2 N–H and O–H groups in total. The van der Waals surface area contributed by atoms with Gasteiger partial charge in [-0.3, -0.25) is 0 Å². The minimum atomic E-state index is 0.381. The fourth-order valence-electron chi connectivity index (χ4n) is 1.04. The van der Waals surface area contributed by atoms with Crippen molar-refractivity contribution in [3.8, 4) is 6.07 Å². The second-order valence-electron chi connectivity index (χ2n) is 2.27. The quantitative estimate of drug-likeness (QED) is 0.594. The lowest BCUT2D eigenvalue weighted by Crippen LogP contribution is -1.99. The first-order valence-corrected chi connectivity index (χ1v) is 3.31. The molecule has 0 aliphatic rings. The molecule has 2 rings (SSSR count). The van der Waals surface area contributed by atoms with Crippen LogP contribution < -0.4 is 5.73 Å². The van der Waals surface area contributed by atoms with Crippen LogP contribution in [0.5, 0.6) is 0 Å². The van der Waals surface area contributed by atoms with Gasteiger partial charge in [-0.05, 0) is 12.1 Å². The molecule has 0 spiro atoms. The van der Waals surface area contributed by atoms with Crippen molar-refractivity contribution in [2.75, 3.05) is 5.73 Å². The van der Waals surface area contributed by atoms with Gasteiger partial charge in [0.1, 0.15) is 23.6 Å². The highest BCUT2D eigenvalue weighted by molar-refractivity contribution is 5.66. The van der Waals surface area contributed by atoms with Gasteiger partial charge < -0.3 is 5.73 Å². The van der Waals surface area contributed by atoms with Gasteiger partial charge in [-0.25, -0.2) is 9.50 Å². The summed E-state index contributed by atoms with van der Waals surface area (Å²) in [5.41, 5.74) is 6.66. The molecule has 0 aliphatic heterocycles. The largest absolute Gasteiger partial charge is 0.382 e. The van der Waals surface area contributed by atoms with Gasteiger partial charge >= 0.3 is 0 Å². The predicted octanol–water partition coefficient (Wildman–Crippen LogP) is 0.183. The lowest BCUT2D eigenvalue weighted by Gasteiger charge is -1.95. The number of aromatic nitrogens is 3. The van der Waals surface area contributed by atoms with Crippen LogP contribution in [0.3, 0.4) is 0 Å². The third kappa shape index (κ3) is 0.720. The van der Waals surface area contributed by atoms with Crippen molar-refractivity contribution < 1.29 is 0 Å². The first-order chi connectivity index (χ1) is 5.83. The lowest BCUT2D eigenvalue weighted by molar-refractivity contribution is 0.894. The number of nitrogens with two attached hydrogens (primary N) is 1. The summed E-state index contributed by atoms with van der Waals surface area (Å²) >= 11 is 0. The Kier molecular flexibility index (Phi) is 1.21. The Hall–Kier alpha value is -2.09. The third-order valence-electron chi connectivity index (χ3n) is 1.60. The number of hydrogen-bond acceptors (Lipinski definition) is 4. The van der Waals surface area contributed by atoms with Gasteiger partial charge in [-0.15, -0.1) is 0 Å². The van der Waals surface area contributed by atoms with Crippen molar-refractivity contribution in [1.29, 1.82) is 5.26 Å². The summed E-state index contributed by atoms with van der Waals surface area (Å²) in [6.07, 6.45) is 1.32. The average molecular weight is 159 g/mol. The summed E-state index contributed by atoms with van der Waals surface area (Å²) < 4.78 is 1.46. The molecular weight excluding hydrogens is 154 g/mol. The molecule has 0 bridgehead atoms. The standard InChI is InChI=1S/C7H5N5/c8-3-5-1-2-6-7(9)10-4-11-12(5)6/h1-2,4H,(H2,9,10,11). The number of nitrogens with zero attached hydrogens (tertiary/aromatic N) is 4. The molecule has 0 fully saturated rings. The molecule has 0 radical (unpaired) electrons. The van der Waals surface area contributed by atoms with Gasteiger partial charge in [-0.1, -0.05) is 0 Å². The third-order valence-corrected chi connectivity index (χ3v) is 1.60. The SMILES string of the molecule is N#Cc1ccc2c(N)ncnn12. The van der Waals surface area contributed by atoms with Crippen LogP contribution in [0.25, 0.3) is 5.52 Å². The van der Waals surface area contributed by atoms with E-state index in [0.717, 1.165) is 0 Å². The van der Waals surface area contributed by atoms with Gasteiger partial charge in [0.15, 0.2) is 5.82 Å². The molecule has 5 heteroatoms. The average Bonchev–Trinajstić information content (AvgIpc) is 2.49. The number of rotatable bonds is 0. The second-order valence-corrected chi connectivity index (χ2v) is 2.27. The topological polar surface area (TPSA) is 80.0 Å². The molecule has 5 nitrogen and oxygen atoms in total. The minimum absolute atomic E-state index is 0.381. The number of anilines is 1. The Morgan fingerprint density at radius 2 is 2.33 bits per heavy atom. The van der Waals surface area contributed by atoms with Crippen molar-refractivity contribution in [3.05, 3.63) is 24.2 Å². The van der Waals surface area contributed by atoms with Crippen LogP contribution in [0.4, 0.5) is 5.82 Å². The summed E-state index contributed by atoms with van der Waals surface area (Å²) in [7, 11) is 0. The number of nitriles is 1. The van der Waals surface area contributed by atoms with E-state index < -0.39 is 0 Å². The van der Waals surface area contributed by atoms with Gasteiger partial charge in [-0.2, -0.15) is 10.4 Å². The van der Waals surface area contributed by atoms with E-state index in [4.69, 9.17) is 11.0 Å². The predicted molar refractivity (Wildman–Crippen MR) is 42.1 cm³/mol. The van der Waals surface area contributed by atoms with Crippen LogP contribution in [-0.4, -0.2) is 14.6 Å². The summed E-state index contributed by atoms with van der Waals surface area (Å²) in [6.45, 7) is 0. The van der Waals surface area contributed by atoms with Crippen LogP contribution in [0, 0.1) is 11.3 Å². The van der Waals surface area contributed by atoms with Gasteiger partial charge in [0.05, 0.1) is 0 Å². The lowest BCUT2D eigenvalue weighted by atomic mass is 10.5. The van der Waals surface area contributed by atoms with Gasteiger partial charge in [0, 0.05) is 0 Å². The summed E-state index contributed by atoms with van der Waals surface area (Å²) in [4.78, 5) is 3.79. The van der Waals surface area contributed by atoms with Crippen LogP contribution in [-0.2, 0) is 0 Å². The van der Waals surface area contributed by atoms with Crippen LogP contribution >= 0.6 is 0 Å². The van der Waals surface area contributed by atoms with E-state index in [1.165, 1.54) is 10.8 Å². The highest BCUT2D eigenvalue weighted by atomic mass is 15.2. The first-order valence-electron chi connectivity index (χ1n) is 3.31. The molecule has 2 aromatic rings. The van der Waals surface area contributed by atoms with Crippen molar-refractivity contribution in [1.82, 2.24) is 14.6 Å². The molecule has 0 aromatic carbocycles. The van der Waals surface area contributed by atoms with Crippen LogP contribution in [0.1, 0.15) is 5.69 Å². The van der Waals surface area contributed by atoms with Crippen LogP contribution in [0.15, 0.2) is 18.5 Å². The van der Waals surface area contributed by atoms with Crippen molar-refractivity contribution >= 4 is 11.3 Å². The van der Waals surface area contributed by atoms with E-state index in [1.807, 2.05) is 6.07 Å². The number of hydrogen-bond donors (Lipinski definition) is 1. The molecule has 0 aliphatic carbocycles. The first kappa shape index (κ1) is 6.61. The van der Waals surface area contributed by atoms with Crippen molar-refractivity contribution in [2.24, 2.45) is 0 Å². The van der Waals surface area contributed by atoms with E-state index in [2.05, 4.69) is 10.1 Å². The van der Waals surface area contributed by atoms with E-state index in [1.54, 1.807) is 12.1 Å². The molecule has 0 saturated heterocycles. The monoisotopic (exact) mass is 159 g/mol. The molecule has 2 heterocycles. The number of nitrogen functional groups attached to an aromatic ring is 1. The van der Waals surface area contributed by atoms with Crippen molar-refractivity contribution in [2.45, 2.75) is 0 Å². The fraction of sp³-hybridized carbons (Fsp3) is 0. The zero-order valence-corrected chi connectivity index (χ0v) is 6.10. The molecule has 0 atom stereocenters. The van der Waals surface area contributed by atoms with E-state index in [0.29, 0.717) is 17.0 Å². The van der Waals surface area contributed by atoms with Crippen molar-refractivity contribution in [3.63, 3.8) is 0 Å². The second kappa shape index (κ2) is 2.20. The van der Waals surface area contributed by atoms with E-state index >= 15 is 0 Å². The molecule has 0 amide bonds. The summed E-state index contributed by atoms with van der Waals surface area (Å²) in [5, 5.41) is 12.5.